The molecule has 0 unspecified atom stereocenters. The molecule has 1 aromatic carbocycles. The Bertz CT molecular complexity index is 418. The van der Waals surface area contributed by atoms with Crippen molar-refractivity contribution in [3.8, 4) is 0 Å². The molecule has 0 amide bonds. The molecule has 1 rings (SSSR count). The van der Waals surface area contributed by atoms with E-state index in [0.29, 0.717) is 6.54 Å². The van der Waals surface area contributed by atoms with Crippen molar-refractivity contribution in [3.63, 3.8) is 0 Å². The summed E-state index contributed by atoms with van der Waals surface area (Å²) in [7, 11) is 1.96. The minimum atomic E-state index is -0.754. The zero-order chi connectivity index (χ0) is 13.8. The molecular weight excluding hydrogens is 294 g/mol. The molecule has 3 nitrogen and oxygen atoms in total. The third kappa shape index (κ3) is 4.42. The first-order chi connectivity index (χ1) is 8.33. The third-order valence-corrected chi connectivity index (χ3v) is 3.74. The number of benzene rings is 1. The van der Waals surface area contributed by atoms with Crippen LogP contribution in [0.25, 0.3) is 0 Å². The molecule has 0 fully saturated rings. The van der Waals surface area contributed by atoms with Crippen molar-refractivity contribution in [2.45, 2.75) is 20.3 Å². The van der Waals surface area contributed by atoms with Crippen LogP contribution in [0.2, 0.25) is 0 Å². The van der Waals surface area contributed by atoms with Crippen molar-refractivity contribution < 1.29 is 9.90 Å². The Morgan fingerprint density at radius 2 is 2.00 bits per heavy atom. The van der Waals surface area contributed by atoms with Gasteiger partial charge in [-0.3, -0.25) is 4.79 Å². The van der Waals surface area contributed by atoms with Crippen LogP contribution in [-0.2, 0) is 11.2 Å². The van der Waals surface area contributed by atoms with E-state index in [-0.39, 0.29) is 0 Å². The quantitative estimate of drug-likeness (QED) is 0.877. The average Bonchev–Trinajstić information content (AvgIpc) is 2.27. The van der Waals surface area contributed by atoms with Gasteiger partial charge in [0, 0.05) is 17.6 Å². The van der Waals surface area contributed by atoms with E-state index in [9.17, 15) is 4.79 Å². The Morgan fingerprint density at radius 1 is 1.39 bits per heavy atom. The smallest absolute Gasteiger partial charge is 0.310 e. The second kappa shape index (κ2) is 6.34. The Labute approximate surface area is 117 Å². The molecule has 0 saturated heterocycles. The highest BCUT2D eigenvalue weighted by atomic mass is 79.9. The van der Waals surface area contributed by atoms with Gasteiger partial charge < -0.3 is 10.0 Å². The minimum absolute atomic E-state index is 0.548. The highest BCUT2D eigenvalue weighted by Gasteiger charge is 2.28. The molecule has 0 atom stereocenters. The summed E-state index contributed by atoms with van der Waals surface area (Å²) >= 11 is 3.52. The van der Waals surface area contributed by atoms with Gasteiger partial charge in [-0.15, -0.1) is 0 Å². The molecule has 1 N–H and O–H groups in total. The van der Waals surface area contributed by atoms with Crippen molar-refractivity contribution in [2.75, 3.05) is 20.1 Å². The molecular formula is C14H20BrNO2. The summed E-state index contributed by atoms with van der Waals surface area (Å²) in [5, 5.41) is 9.09. The molecule has 100 valence electrons. The molecule has 0 aliphatic heterocycles. The van der Waals surface area contributed by atoms with Crippen molar-refractivity contribution in [3.05, 3.63) is 34.3 Å². The lowest BCUT2D eigenvalue weighted by molar-refractivity contribution is -0.147. The standard InChI is InChI=1S/C14H20BrNO2/c1-14(2,13(17)18)10-16(3)9-8-11-6-4-5-7-12(11)15/h4-7H,8-10H2,1-3H3,(H,17,18). The number of likely N-dealkylation sites (N-methyl/N-ethyl adjacent to an activating group) is 1. The van der Waals surface area contributed by atoms with Crippen LogP contribution in [0.3, 0.4) is 0 Å². The van der Waals surface area contributed by atoms with Gasteiger partial charge in [0.05, 0.1) is 5.41 Å². The van der Waals surface area contributed by atoms with Gasteiger partial charge in [0.15, 0.2) is 0 Å². The lowest BCUT2D eigenvalue weighted by Crippen LogP contribution is -2.38. The van der Waals surface area contributed by atoms with Crippen LogP contribution in [0.1, 0.15) is 19.4 Å². The van der Waals surface area contributed by atoms with Gasteiger partial charge in [0.25, 0.3) is 0 Å². The Balaban J connectivity index is 2.50. The fourth-order valence-corrected chi connectivity index (χ4v) is 2.32. The normalized spacial score (nSPS) is 11.8. The van der Waals surface area contributed by atoms with Gasteiger partial charge in [-0.1, -0.05) is 34.1 Å². The molecule has 4 heteroatoms. The van der Waals surface area contributed by atoms with Crippen LogP contribution in [0.15, 0.2) is 28.7 Å². The number of rotatable bonds is 6. The molecule has 0 heterocycles. The Kier molecular flexibility index (Phi) is 5.35. The Morgan fingerprint density at radius 3 is 2.56 bits per heavy atom. The lowest BCUT2D eigenvalue weighted by atomic mass is 9.93. The second-order valence-electron chi connectivity index (χ2n) is 5.27. The number of nitrogens with zero attached hydrogens (tertiary/aromatic N) is 1. The van der Waals surface area contributed by atoms with Crippen molar-refractivity contribution >= 4 is 21.9 Å². The van der Waals surface area contributed by atoms with Gasteiger partial charge in [-0.2, -0.15) is 0 Å². The van der Waals surface area contributed by atoms with Crippen LogP contribution in [0, 0.1) is 5.41 Å². The van der Waals surface area contributed by atoms with Crippen LogP contribution >= 0.6 is 15.9 Å². The molecule has 0 aliphatic carbocycles. The fraction of sp³-hybridized carbons (Fsp3) is 0.500. The predicted molar refractivity (Wildman–Crippen MR) is 76.8 cm³/mol. The number of hydrogen-bond donors (Lipinski definition) is 1. The molecule has 0 spiro atoms. The highest BCUT2D eigenvalue weighted by molar-refractivity contribution is 9.10. The first-order valence-electron chi connectivity index (χ1n) is 5.98. The molecule has 18 heavy (non-hydrogen) atoms. The lowest BCUT2D eigenvalue weighted by Gasteiger charge is -2.26. The summed E-state index contributed by atoms with van der Waals surface area (Å²) in [5.41, 5.74) is 0.542. The van der Waals surface area contributed by atoms with E-state index in [0.717, 1.165) is 17.4 Å². The number of aliphatic carboxylic acids is 1. The summed E-state index contributed by atoms with van der Waals surface area (Å²) in [4.78, 5) is 13.1. The maximum absolute atomic E-state index is 11.1. The van der Waals surface area contributed by atoms with E-state index in [1.807, 2.05) is 25.2 Å². The molecule has 1 aromatic rings. The Hall–Kier alpha value is -0.870. The number of carboxylic acid groups (broad SMARTS) is 1. The molecule has 0 aromatic heterocycles. The van der Waals surface area contributed by atoms with Crippen LogP contribution < -0.4 is 0 Å². The summed E-state index contributed by atoms with van der Waals surface area (Å²) < 4.78 is 1.11. The first kappa shape index (κ1) is 15.2. The maximum atomic E-state index is 11.1. The fourth-order valence-electron chi connectivity index (χ4n) is 1.83. The van der Waals surface area contributed by atoms with E-state index < -0.39 is 11.4 Å². The molecule has 0 bridgehead atoms. The zero-order valence-electron chi connectivity index (χ0n) is 11.1. The zero-order valence-corrected chi connectivity index (χ0v) is 12.7. The number of carboxylic acids is 1. The monoisotopic (exact) mass is 313 g/mol. The molecule has 0 aliphatic rings. The van der Waals surface area contributed by atoms with E-state index >= 15 is 0 Å². The summed E-state index contributed by atoms with van der Waals surface area (Å²) in [5.74, 6) is -0.754. The molecule has 0 saturated carbocycles. The summed E-state index contributed by atoms with van der Waals surface area (Å²) in [6.07, 6.45) is 0.910. The maximum Gasteiger partial charge on any atom is 0.310 e. The third-order valence-electron chi connectivity index (χ3n) is 2.96. The number of halogens is 1. The van der Waals surface area contributed by atoms with E-state index in [4.69, 9.17) is 5.11 Å². The predicted octanol–water partition coefficient (Wildman–Crippen LogP) is 3.03. The van der Waals surface area contributed by atoms with E-state index in [1.54, 1.807) is 13.8 Å². The van der Waals surface area contributed by atoms with Gasteiger partial charge in [-0.05, 0) is 38.9 Å². The van der Waals surface area contributed by atoms with E-state index in [2.05, 4.69) is 26.9 Å². The largest absolute Gasteiger partial charge is 0.481 e. The topological polar surface area (TPSA) is 40.5 Å². The van der Waals surface area contributed by atoms with Crippen LogP contribution in [0.4, 0.5) is 0 Å². The van der Waals surface area contributed by atoms with E-state index in [1.165, 1.54) is 5.56 Å². The number of hydrogen-bond acceptors (Lipinski definition) is 2. The van der Waals surface area contributed by atoms with Crippen LogP contribution in [-0.4, -0.2) is 36.1 Å². The molecule has 0 radical (unpaired) electrons. The van der Waals surface area contributed by atoms with Gasteiger partial charge in [0.1, 0.15) is 0 Å². The first-order valence-corrected chi connectivity index (χ1v) is 6.77. The second-order valence-corrected chi connectivity index (χ2v) is 6.12. The summed E-state index contributed by atoms with van der Waals surface area (Å²) in [6.45, 7) is 4.90. The highest BCUT2D eigenvalue weighted by Crippen LogP contribution is 2.19. The average molecular weight is 314 g/mol. The number of carbonyl (C=O) groups is 1. The SMILES string of the molecule is CN(CCc1ccccc1Br)CC(C)(C)C(=O)O. The van der Waals surface area contributed by atoms with Gasteiger partial charge in [-0.25, -0.2) is 0 Å². The van der Waals surface area contributed by atoms with Gasteiger partial charge >= 0.3 is 5.97 Å². The summed E-state index contributed by atoms with van der Waals surface area (Å²) in [6, 6.07) is 8.11. The van der Waals surface area contributed by atoms with Crippen molar-refractivity contribution in [2.24, 2.45) is 5.41 Å². The minimum Gasteiger partial charge on any atom is -0.481 e. The van der Waals surface area contributed by atoms with Crippen molar-refractivity contribution in [1.29, 1.82) is 0 Å². The van der Waals surface area contributed by atoms with Gasteiger partial charge in [0.2, 0.25) is 0 Å². The van der Waals surface area contributed by atoms with Crippen LogP contribution in [0.5, 0.6) is 0 Å². The van der Waals surface area contributed by atoms with Crippen molar-refractivity contribution in [1.82, 2.24) is 4.90 Å².